The Morgan fingerprint density at radius 2 is 2.25 bits per heavy atom. The molecule has 5 heteroatoms. The first-order chi connectivity index (χ1) is 9.78. The van der Waals surface area contributed by atoms with Gasteiger partial charge in [-0.3, -0.25) is 4.40 Å². The van der Waals surface area contributed by atoms with Gasteiger partial charge in [-0.1, -0.05) is 34.1 Å². The van der Waals surface area contributed by atoms with Crippen LogP contribution in [-0.4, -0.2) is 23.0 Å². The average Bonchev–Trinajstić information content (AvgIpc) is 3.00. The second-order valence-electron chi connectivity index (χ2n) is 4.81. The van der Waals surface area contributed by atoms with Crippen LogP contribution in [-0.2, 0) is 6.42 Å². The second kappa shape index (κ2) is 6.08. The van der Waals surface area contributed by atoms with Crippen molar-refractivity contribution < 1.29 is 0 Å². The molecule has 0 aliphatic carbocycles. The van der Waals surface area contributed by atoms with Gasteiger partial charge in [0.2, 0.25) is 0 Å². The number of nitrogens with zero attached hydrogens (tertiary/aromatic N) is 2. The highest BCUT2D eigenvalue weighted by Crippen LogP contribution is 2.27. The Balaban J connectivity index is 1.87. The van der Waals surface area contributed by atoms with E-state index in [9.17, 15) is 0 Å². The number of hydrogen-bond donors (Lipinski definition) is 1. The number of benzene rings is 1. The lowest BCUT2D eigenvalue weighted by molar-refractivity contribution is 0.618. The highest BCUT2D eigenvalue weighted by atomic mass is 79.9. The van der Waals surface area contributed by atoms with E-state index in [1.165, 1.54) is 10.0 Å². The van der Waals surface area contributed by atoms with Gasteiger partial charge in [0, 0.05) is 34.7 Å². The lowest BCUT2D eigenvalue weighted by atomic mass is 9.94. The van der Waals surface area contributed by atoms with E-state index in [2.05, 4.69) is 72.7 Å². The van der Waals surface area contributed by atoms with Gasteiger partial charge in [0.05, 0.1) is 5.69 Å². The Kier molecular flexibility index (Phi) is 4.19. The molecule has 3 aromatic rings. The highest BCUT2D eigenvalue weighted by molar-refractivity contribution is 9.10. The van der Waals surface area contributed by atoms with Crippen molar-refractivity contribution in [3.63, 3.8) is 0 Å². The Bertz CT molecular complexity index is 675. The minimum atomic E-state index is 0.417. The Labute approximate surface area is 130 Å². The minimum absolute atomic E-state index is 0.417. The maximum absolute atomic E-state index is 4.69. The summed E-state index contributed by atoms with van der Waals surface area (Å²) in [4.78, 5) is 5.75. The number of aromatic nitrogens is 2. The number of imidazole rings is 1. The van der Waals surface area contributed by atoms with Crippen LogP contribution in [0.2, 0.25) is 0 Å². The molecule has 1 atom stereocenters. The molecule has 0 fully saturated rings. The maximum atomic E-state index is 4.69. The van der Waals surface area contributed by atoms with Crippen LogP contribution in [0.5, 0.6) is 0 Å². The molecular weight excluding hydrogens is 334 g/mol. The minimum Gasteiger partial charge on any atom is -0.319 e. The number of halogens is 1. The van der Waals surface area contributed by atoms with Crippen molar-refractivity contribution in [1.82, 2.24) is 14.7 Å². The third-order valence-electron chi connectivity index (χ3n) is 3.39. The average molecular weight is 350 g/mol. The van der Waals surface area contributed by atoms with Gasteiger partial charge in [-0.25, -0.2) is 4.98 Å². The van der Waals surface area contributed by atoms with Crippen molar-refractivity contribution in [3.05, 3.63) is 57.8 Å². The van der Waals surface area contributed by atoms with Crippen molar-refractivity contribution in [2.45, 2.75) is 12.3 Å². The fourth-order valence-electron chi connectivity index (χ4n) is 2.47. The summed E-state index contributed by atoms with van der Waals surface area (Å²) < 4.78 is 3.26. The molecule has 0 saturated heterocycles. The number of hydrogen-bond acceptors (Lipinski definition) is 3. The molecule has 1 N–H and O–H groups in total. The lowest BCUT2D eigenvalue weighted by Crippen LogP contribution is -2.19. The first kappa shape index (κ1) is 13.8. The first-order valence-electron chi connectivity index (χ1n) is 6.58. The molecule has 0 radical (unpaired) electrons. The van der Waals surface area contributed by atoms with Crippen molar-refractivity contribution in [1.29, 1.82) is 0 Å². The molecular formula is C15H16BrN3S. The smallest absolute Gasteiger partial charge is 0.193 e. The third-order valence-corrected chi connectivity index (χ3v) is 4.89. The van der Waals surface area contributed by atoms with Crippen molar-refractivity contribution in [3.8, 4) is 0 Å². The molecule has 0 amide bonds. The predicted octanol–water partition coefficient (Wildman–Crippen LogP) is 3.70. The lowest BCUT2D eigenvalue weighted by Gasteiger charge is -2.17. The molecule has 0 aliphatic rings. The number of likely N-dealkylation sites (N-methyl/N-ethyl adjacent to an activating group) is 1. The number of fused-ring (bicyclic) bond motifs is 1. The maximum Gasteiger partial charge on any atom is 0.193 e. The molecule has 3 rings (SSSR count). The van der Waals surface area contributed by atoms with E-state index in [-0.39, 0.29) is 0 Å². The molecule has 0 saturated carbocycles. The van der Waals surface area contributed by atoms with Crippen LogP contribution in [0.3, 0.4) is 0 Å². The first-order valence-corrected chi connectivity index (χ1v) is 8.25. The van der Waals surface area contributed by atoms with E-state index in [1.807, 2.05) is 7.05 Å². The van der Waals surface area contributed by atoms with Gasteiger partial charge in [-0.2, -0.15) is 0 Å². The molecule has 20 heavy (non-hydrogen) atoms. The van der Waals surface area contributed by atoms with Crippen molar-refractivity contribution in [2.24, 2.45) is 0 Å². The van der Waals surface area contributed by atoms with Gasteiger partial charge in [0.15, 0.2) is 4.96 Å². The summed E-state index contributed by atoms with van der Waals surface area (Å²) >= 11 is 5.33. The van der Waals surface area contributed by atoms with E-state index < -0.39 is 0 Å². The zero-order chi connectivity index (χ0) is 13.9. The van der Waals surface area contributed by atoms with Crippen LogP contribution in [0.15, 0.2) is 46.5 Å². The van der Waals surface area contributed by atoms with Crippen LogP contribution in [0.4, 0.5) is 0 Å². The fraction of sp³-hybridized carbons (Fsp3) is 0.267. The van der Waals surface area contributed by atoms with Gasteiger partial charge in [0.1, 0.15) is 0 Å². The summed E-state index contributed by atoms with van der Waals surface area (Å²) in [6, 6.07) is 8.43. The largest absolute Gasteiger partial charge is 0.319 e. The normalized spacial score (nSPS) is 12.9. The van der Waals surface area contributed by atoms with E-state index in [0.29, 0.717) is 5.92 Å². The summed E-state index contributed by atoms with van der Waals surface area (Å²) in [5.41, 5.74) is 2.48. The van der Waals surface area contributed by atoms with Gasteiger partial charge >= 0.3 is 0 Å². The zero-order valence-electron chi connectivity index (χ0n) is 11.2. The van der Waals surface area contributed by atoms with Gasteiger partial charge in [0.25, 0.3) is 0 Å². The molecule has 0 spiro atoms. The van der Waals surface area contributed by atoms with E-state index in [4.69, 9.17) is 0 Å². The van der Waals surface area contributed by atoms with Crippen LogP contribution in [0.25, 0.3) is 4.96 Å². The van der Waals surface area contributed by atoms with Crippen LogP contribution in [0.1, 0.15) is 17.2 Å². The number of rotatable bonds is 5. The van der Waals surface area contributed by atoms with Crippen molar-refractivity contribution >= 4 is 32.2 Å². The summed E-state index contributed by atoms with van der Waals surface area (Å²) in [6.07, 6.45) is 5.13. The van der Waals surface area contributed by atoms with E-state index >= 15 is 0 Å². The molecule has 1 unspecified atom stereocenters. The van der Waals surface area contributed by atoms with Crippen LogP contribution in [0, 0.1) is 0 Å². The molecule has 2 aromatic heterocycles. The summed E-state index contributed by atoms with van der Waals surface area (Å²) in [6.45, 7) is 0.938. The summed E-state index contributed by atoms with van der Waals surface area (Å²) in [5.74, 6) is 0.417. The van der Waals surface area contributed by atoms with Crippen LogP contribution < -0.4 is 5.32 Å². The Morgan fingerprint density at radius 3 is 3.00 bits per heavy atom. The predicted molar refractivity (Wildman–Crippen MR) is 87.6 cm³/mol. The molecule has 1 aromatic carbocycles. The Morgan fingerprint density at radius 1 is 1.40 bits per heavy atom. The molecule has 0 bridgehead atoms. The van der Waals surface area contributed by atoms with E-state index in [1.54, 1.807) is 11.3 Å². The summed E-state index contributed by atoms with van der Waals surface area (Å²) in [7, 11) is 2.00. The Hall–Kier alpha value is -1.17. The molecule has 0 aliphatic heterocycles. The monoisotopic (exact) mass is 349 g/mol. The highest BCUT2D eigenvalue weighted by Gasteiger charge is 2.16. The zero-order valence-corrected chi connectivity index (χ0v) is 13.6. The fourth-order valence-corrected chi connectivity index (χ4v) is 3.80. The van der Waals surface area contributed by atoms with Crippen molar-refractivity contribution in [2.75, 3.05) is 13.6 Å². The molecule has 2 heterocycles. The molecule has 104 valence electrons. The van der Waals surface area contributed by atoms with Crippen LogP contribution >= 0.6 is 27.3 Å². The second-order valence-corrected chi connectivity index (χ2v) is 6.53. The standard InChI is InChI=1S/C15H16BrN3S/c1-17-9-11(13-4-2-3-5-14(13)16)8-12-10-19-6-7-20-15(19)18-12/h2-7,10-11,17H,8-9H2,1H3. The SMILES string of the molecule is CNCC(Cc1cn2ccsc2n1)c1ccccc1Br. The van der Waals surface area contributed by atoms with Gasteiger partial charge < -0.3 is 5.32 Å². The molecule has 3 nitrogen and oxygen atoms in total. The topological polar surface area (TPSA) is 29.3 Å². The van der Waals surface area contributed by atoms with Gasteiger partial charge in [-0.15, -0.1) is 11.3 Å². The van der Waals surface area contributed by atoms with E-state index in [0.717, 1.165) is 23.6 Å². The summed E-state index contributed by atoms with van der Waals surface area (Å²) in [5, 5.41) is 5.35. The quantitative estimate of drug-likeness (QED) is 0.760. The number of thiazole rings is 1. The van der Waals surface area contributed by atoms with Gasteiger partial charge in [-0.05, 0) is 25.1 Å². The third kappa shape index (κ3) is 2.80. The number of nitrogens with one attached hydrogen (secondary N) is 1.